The van der Waals surface area contributed by atoms with Crippen LogP contribution in [0, 0.1) is 0 Å². The Morgan fingerprint density at radius 2 is 0.885 bits per heavy atom. The minimum Gasteiger partial charge on any atom is -0.456 e. The molecule has 0 aliphatic rings. The van der Waals surface area contributed by atoms with Crippen LogP contribution in [0.4, 0.5) is 17.1 Å². The monoisotopic (exact) mass is 778 g/mol. The lowest BCUT2D eigenvalue weighted by Crippen LogP contribution is -2.10. The summed E-state index contributed by atoms with van der Waals surface area (Å²) in [5.41, 5.74) is 15.5. The molecule has 0 radical (unpaired) electrons. The number of hydrogen-bond donors (Lipinski definition) is 0. The van der Waals surface area contributed by atoms with Crippen molar-refractivity contribution in [1.29, 1.82) is 0 Å². The van der Waals surface area contributed by atoms with Crippen molar-refractivity contribution in [3.63, 3.8) is 0 Å². The van der Waals surface area contributed by atoms with Crippen LogP contribution in [0.3, 0.4) is 0 Å². The van der Waals surface area contributed by atoms with Crippen molar-refractivity contribution in [3.05, 3.63) is 231 Å². The summed E-state index contributed by atoms with van der Waals surface area (Å²) in [6, 6.07) is 82.9. The lowest BCUT2D eigenvalue weighted by Gasteiger charge is -2.27. The van der Waals surface area contributed by atoms with Gasteiger partial charge in [0.05, 0.1) is 27.8 Å². The van der Waals surface area contributed by atoms with Crippen LogP contribution in [0.2, 0.25) is 0 Å². The molecule has 0 aliphatic heterocycles. The maximum absolute atomic E-state index is 6.42. The molecule has 0 spiro atoms. The highest BCUT2D eigenvalue weighted by molar-refractivity contribution is 6.13. The van der Waals surface area contributed by atoms with Crippen LogP contribution in [-0.4, -0.2) is 4.57 Å². The highest BCUT2D eigenvalue weighted by atomic mass is 16.3. The Hall–Kier alpha value is -8.14. The Morgan fingerprint density at radius 1 is 0.344 bits per heavy atom. The van der Waals surface area contributed by atoms with Crippen molar-refractivity contribution in [2.24, 2.45) is 0 Å². The summed E-state index contributed by atoms with van der Waals surface area (Å²) in [5, 5.41) is 7.19. The number of hydrogen-bond acceptors (Lipinski definition) is 2. The molecule has 0 saturated heterocycles. The van der Waals surface area contributed by atoms with Gasteiger partial charge in [-0.15, -0.1) is 0 Å². The second-order valence-corrected chi connectivity index (χ2v) is 15.7. The van der Waals surface area contributed by atoms with Gasteiger partial charge >= 0.3 is 0 Å². The first-order valence-corrected chi connectivity index (χ1v) is 20.8. The lowest BCUT2D eigenvalue weighted by atomic mass is 9.97. The zero-order chi connectivity index (χ0) is 40.3. The summed E-state index contributed by atoms with van der Waals surface area (Å²) >= 11 is 0. The number of para-hydroxylation sites is 4. The highest BCUT2D eigenvalue weighted by Crippen LogP contribution is 2.44. The van der Waals surface area contributed by atoms with Crippen molar-refractivity contribution >= 4 is 71.6 Å². The van der Waals surface area contributed by atoms with Gasteiger partial charge in [0.25, 0.3) is 0 Å². The fourth-order valence-corrected chi connectivity index (χ4v) is 9.30. The number of furan rings is 1. The Labute approximate surface area is 353 Å². The van der Waals surface area contributed by atoms with Gasteiger partial charge in [-0.05, 0) is 111 Å². The Balaban J connectivity index is 0.965. The van der Waals surface area contributed by atoms with E-state index in [-0.39, 0.29) is 0 Å². The molecule has 2 heterocycles. The molecule has 0 amide bonds. The fourth-order valence-electron chi connectivity index (χ4n) is 9.30. The summed E-state index contributed by atoms with van der Waals surface area (Å²) in [7, 11) is 0. The first kappa shape index (κ1) is 34.9. The molecular formula is C58H38N2O. The number of rotatable bonds is 7. The normalized spacial score (nSPS) is 11.6. The predicted octanol–water partition coefficient (Wildman–Crippen LogP) is 16.3. The Kier molecular flexibility index (Phi) is 8.17. The van der Waals surface area contributed by atoms with Gasteiger partial charge in [0.15, 0.2) is 0 Å². The number of aromatic nitrogens is 1. The third-order valence-corrected chi connectivity index (χ3v) is 12.2. The van der Waals surface area contributed by atoms with Crippen LogP contribution in [0.15, 0.2) is 235 Å². The SMILES string of the molecule is c1cc(-c2ccc(N(c3ccc(-c4ccccc4-n4c5ccccc5c5ccccc54)cc3)c3cccc4oc5ccccc5c34)cc2)cc(-c2ccc3ccccc3c2)c1. The van der Waals surface area contributed by atoms with E-state index in [1.54, 1.807) is 0 Å². The Bertz CT molecular complexity index is 3540. The molecule has 0 N–H and O–H groups in total. The molecule has 286 valence electrons. The molecule has 3 heteroatoms. The van der Waals surface area contributed by atoms with Crippen molar-refractivity contribution < 1.29 is 4.42 Å². The van der Waals surface area contributed by atoms with Gasteiger partial charge in [-0.3, -0.25) is 0 Å². The third kappa shape index (κ3) is 5.90. The van der Waals surface area contributed by atoms with Gasteiger partial charge in [-0.25, -0.2) is 0 Å². The summed E-state index contributed by atoms with van der Waals surface area (Å²) < 4.78 is 8.83. The van der Waals surface area contributed by atoms with Crippen LogP contribution in [0.1, 0.15) is 0 Å². The summed E-state index contributed by atoms with van der Waals surface area (Å²) in [6.45, 7) is 0. The summed E-state index contributed by atoms with van der Waals surface area (Å²) in [6.07, 6.45) is 0. The van der Waals surface area contributed by atoms with E-state index >= 15 is 0 Å². The highest BCUT2D eigenvalue weighted by Gasteiger charge is 2.21. The predicted molar refractivity (Wildman–Crippen MR) is 257 cm³/mol. The number of fused-ring (bicyclic) bond motifs is 7. The molecule has 2 aromatic heterocycles. The van der Waals surface area contributed by atoms with Gasteiger partial charge in [-0.1, -0.05) is 158 Å². The van der Waals surface area contributed by atoms with Crippen molar-refractivity contribution in [1.82, 2.24) is 4.57 Å². The molecular weight excluding hydrogens is 741 g/mol. The van der Waals surface area contributed by atoms with E-state index in [2.05, 4.69) is 228 Å². The molecule has 12 rings (SSSR count). The molecule has 0 aliphatic carbocycles. The Morgan fingerprint density at radius 3 is 1.64 bits per heavy atom. The van der Waals surface area contributed by atoms with Gasteiger partial charge in [-0.2, -0.15) is 0 Å². The van der Waals surface area contributed by atoms with Crippen LogP contribution >= 0.6 is 0 Å². The second kappa shape index (κ2) is 14.3. The van der Waals surface area contributed by atoms with Gasteiger partial charge in [0, 0.05) is 33.1 Å². The number of nitrogens with zero attached hydrogens (tertiary/aromatic N) is 2. The van der Waals surface area contributed by atoms with E-state index in [0.717, 1.165) is 55.8 Å². The second-order valence-electron chi connectivity index (χ2n) is 15.7. The number of benzene rings is 10. The zero-order valence-corrected chi connectivity index (χ0v) is 33.2. The van der Waals surface area contributed by atoms with E-state index in [9.17, 15) is 0 Å². The van der Waals surface area contributed by atoms with Crippen LogP contribution in [0.5, 0.6) is 0 Å². The van der Waals surface area contributed by atoms with Crippen molar-refractivity contribution in [3.8, 4) is 39.1 Å². The molecule has 3 nitrogen and oxygen atoms in total. The maximum Gasteiger partial charge on any atom is 0.137 e. The van der Waals surface area contributed by atoms with E-state index < -0.39 is 0 Å². The quantitative estimate of drug-likeness (QED) is 0.161. The van der Waals surface area contributed by atoms with E-state index in [0.29, 0.717) is 0 Å². The first-order valence-electron chi connectivity index (χ1n) is 20.8. The standard InChI is InChI=1S/C58H38N2O/c1-2-14-42-38-45(28-27-39(42)13-1)44-16-11-15-43(37-44)40-29-33-46(34-30-40)59(55-24-12-26-57-58(55)51-20-6-10-25-56(51)61-57)47-35-31-41(32-36-47)48-17-3-7-21-52(48)60-53-22-8-4-18-49(53)50-19-5-9-23-54(50)60/h1-38H. The molecule has 0 unspecified atom stereocenters. The summed E-state index contributed by atoms with van der Waals surface area (Å²) in [5.74, 6) is 0. The maximum atomic E-state index is 6.42. The van der Waals surface area contributed by atoms with Gasteiger partial charge < -0.3 is 13.9 Å². The third-order valence-electron chi connectivity index (χ3n) is 12.2. The van der Waals surface area contributed by atoms with E-state index in [1.807, 2.05) is 12.1 Å². The summed E-state index contributed by atoms with van der Waals surface area (Å²) in [4.78, 5) is 2.36. The topological polar surface area (TPSA) is 21.3 Å². The molecule has 0 atom stereocenters. The molecule has 12 aromatic rings. The van der Waals surface area contributed by atoms with Crippen molar-refractivity contribution in [2.45, 2.75) is 0 Å². The molecule has 61 heavy (non-hydrogen) atoms. The molecule has 0 bridgehead atoms. The lowest BCUT2D eigenvalue weighted by molar-refractivity contribution is 0.669. The van der Waals surface area contributed by atoms with Crippen LogP contribution in [0.25, 0.3) is 93.6 Å². The average molecular weight is 779 g/mol. The number of anilines is 3. The minimum absolute atomic E-state index is 0.863. The van der Waals surface area contributed by atoms with E-state index in [1.165, 1.54) is 54.8 Å². The molecule has 10 aromatic carbocycles. The zero-order valence-electron chi connectivity index (χ0n) is 33.2. The van der Waals surface area contributed by atoms with Gasteiger partial charge in [0.2, 0.25) is 0 Å². The largest absolute Gasteiger partial charge is 0.456 e. The minimum atomic E-state index is 0.863. The van der Waals surface area contributed by atoms with Crippen LogP contribution in [-0.2, 0) is 0 Å². The van der Waals surface area contributed by atoms with Crippen LogP contribution < -0.4 is 4.90 Å². The smallest absolute Gasteiger partial charge is 0.137 e. The van der Waals surface area contributed by atoms with Gasteiger partial charge in [0.1, 0.15) is 11.2 Å². The molecule has 0 fully saturated rings. The fraction of sp³-hybridized carbons (Fsp3) is 0. The first-order chi connectivity index (χ1) is 30.2. The van der Waals surface area contributed by atoms with Crippen molar-refractivity contribution in [2.75, 3.05) is 4.90 Å². The molecule has 0 saturated carbocycles. The van der Waals surface area contributed by atoms with E-state index in [4.69, 9.17) is 4.42 Å². The average Bonchev–Trinajstić information content (AvgIpc) is 3.88.